The first kappa shape index (κ1) is 27.5. The summed E-state index contributed by atoms with van der Waals surface area (Å²) in [6, 6.07) is 5.42. The van der Waals surface area contributed by atoms with Gasteiger partial charge in [-0.2, -0.15) is 0 Å². The van der Waals surface area contributed by atoms with Gasteiger partial charge in [0, 0.05) is 35.9 Å². The summed E-state index contributed by atoms with van der Waals surface area (Å²) in [5.74, 6) is -0.806. The van der Waals surface area contributed by atoms with Crippen LogP contribution in [0.15, 0.2) is 35.8 Å². The maximum absolute atomic E-state index is 13.1. The quantitative estimate of drug-likeness (QED) is 0.257. The third kappa shape index (κ3) is 6.99. The highest BCUT2D eigenvalue weighted by Crippen LogP contribution is 2.35. The van der Waals surface area contributed by atoms with E-state index < -0.39 is 17.8 Å². The Balaban J connectivity index is 1.82. The van der Waals surface area contributed by atoms with Crippen LogP contribution in [0.2, 0.25) is 15.1 Å². The van der Waals surface area contributed by atoms with Crippen molar-refractivity contribution >= 4 is 75.5 Å². The molecule has 0 aliphatic rings. The number of aliphatic hydroxyl groups is 1. The molecule has 5 N–H and O–H groups in total. The molecule has 3 aromatic rings. The van der Waals surface area contributed by atoms with Crippen LogP contribution in [0.1, 0.15) is 25.6 Å². The van der Waals surface area contributed by atoms with E-state index in [1.165, 1.54) is 31.5 Å². The monoisotopic (exact) mass is 571 g/mol. The third-order valence-electron chi connectivity index (χ3n) is 4.58. The molecule has 0 aliphatic carbocycles. The van der Waals surface area contributed by atoms with Gasteiger partial charge in [-0.05, 0) is 23.6 Å². The number of aliphatic hydroxyl groups excluding tert-OH is 1. The molecular formula is C22H20Cl3N5O5S. The highest BCUT2D eigenvalue weighted by molar-refractivity contribution is 7.13. The van der Waals surface area contributed by atoms with Crippen LogP contribution in [-0.4, -0.2) is 48.2 Å². The fraction of sp³-hybridized carbons (Fsp3) is 0.182. The van der Waals surface area contributed by atoms with Gasteiger partial charge in [-0.3, -0.25) is 9.59 Å². The van der Waals surface area contributed by atoms with E-state index in [4.69, 9.17) is 44.6 Å². The number of nitrogens with zero attached hydrogens (tertiary/aromatic N) is 1. The number of carbonyl (C=O) groups excluding carboxylic acids is 3. The van der Waals surface area contributed by atoms with Crippen LogP contribution < -0.4 is 26.0 Å². The molecule has 1 aromatic carbocycles. The van der Waals surface area contributed by atoms with Gasteiger partial charge in [0.15, 0.2) is 0 Å². The Kier molecular flexibility index (Phi) is 9.73. The lowest BCUT2D eigenvalue weighted by Gasteiger charge is -2.15. The summed E-state index contributed by atoms with van der Waals surface area (Å²) in [6.45, 7) is -0.0308. The summed E-state index contributed by atoms with van der Waals surface area (Å²) in [5.41, 5.74) is 0.617. The number of carbonyl (C=O) groups is 3. The number of amides is 4. The summed E-state index contributed by atoms with van der Waals surface area (Å²) in [6.07, 6.45) is 1.37. The number of benzene rings is 1. The normalized spacial score (nSPS) is 10.5. The van der Waals surface area contributed by atoms with Crippen molar-refractivity contribution in [2.75, 3.05) is 30.9 Å². The average molecular weight is 573 g/mol. The number of rotatable bonds is 9. The van der Waals surface area contributed by atoms with E-state index in [0.717, 1.165) is 11.3 Å². The minimum absolute atomic E-state index is 0.0274. The van der Waals surface area contributed by atoms with Crippen LogP contribution in [0.4, 0.5) is 16.3 Å². The molecular weight excluding hydrogens is 553 g/mol. The van der Waals surface area contributed by atoms with E-state index in [2.05, 4.69) is 26.3 Å². The molecule has 0 saturated heterocycles. The Morgan fingerprint density at radius 1 is 1.06 bits per heavy atom. The number of halogens is 3. The van der Waals surface area contributed by atoms with Gasteiger partial charge in [-0.25, -0.2) is 9.78 Å². The second-order valence-corrected chi connectivity index (χ2v) is 9.17. The van der Waals surface area contributed by atoms with Gasteiger partial charge in [-0.1, -0.05) is 34.8 Å². The van der Waals surface area contributed by atoms with Crippen LogP contribution in [0, 0.1) is 0 Å². The molecule has 3 rings (SSSR count). The Morgan fingerprint density at radius 3 is 2.50 bits per heavy atom. The van der Waals surface area contributed by atoms with E-state index in [-0.39, 0.29) is 57.4 Å². The van der Waals surface area contributed by atoms with Crippen molar-refractivity contribution in [1.82, 2.24) is 15.6 Å². The zero-order valence-electron chi connectivity index (χ0n) is 18.7. The number of thiophene rings is 1. The number of ether oxygens (including phenoxy) is 1. The molecule has 0 unspecified atom stereocenters. The first-order valence-electron chi connectivity index (χ1n) is 10.2. The summed E-state index contributed by atoms with van der Waals surface area (Å²) < 4.78 is 5.34. The molecule has 2 heterocycles. The fourth-order valence-electron chi connectivity index (χ4n) is 2.91. The molecule has 0 atom stereocenters. The Hall–Kier alpha value is -3.09. The smallest absolute Gasteiger partial charge is 0.315 e. The van der Waals surface area contributed by atoms with E-state index in [1.54, 1.807) is 11.4 Å². The fourth-order valence-corrected chi connectivity index (χ4v) is 4.49. The molecule has 0 spiro atoms. The number of methoxy groups -OCH3 is 1. The predicted molar refractivity (Wildman–Crippen MR) is 140 cm³/mol. The molecule has 2 aromatic heterocycles. The van der Waals surface area contributed by atoms with Crippen LogP contribution in [0.5, 0.6) is 5.75 Å². The largest absolute Gasteiger partial charge is 0.494 e. The number of aromatic nitrogens is 1. The van der Waals surface area contributed by atoms with Crippen molar-refractivity contribution in [3.05, 3.63) is 66.9 Å². The van der Waals surface area contributed by atoms with Crippen LogP contribution >= 0.6 is 46.1 Å². The van der Waals surface area contributed by atoms with Gasteiger partial charge in [0.25, 0.3) is 11.8 Å². The number of pyridine rings is 1. The summed E-state index contributed by atoms with van der Waals surface area (Å²) >= 11 is 19.4. The topological polar surface area (TPSA) is 142 Å². The first-order chi connectivity index (χ1) is 17.2. The van der Waals surface area contributed by atoms with Crippen molar-refractivity contribution < 1.29 is 24.2 Å². The van der Waals surface area contributed by atoms with Crippen molar-refractivity contribution in [3.63, 3.8) is 0 Å². The van der Waals surface area contributed by atoms with Gasteiger partial charge in [0.05, 0.1) is 35.0 Å². The predicted octanol–water partition coefficient (Wildman–Crippen LogP) is 4.41. The highest BCUT2D eigenvalue weighted by atomic mass is 35.5. The zero-order chi connectivity index (χ0) is 26.2. The van der Waals surface area contributed by atoms with Crippen LogP contribution in [0.25, 0.3) is 0 Å². The molecule has 4 amide bonds. The number of hydrogen-bond donors (Lipinski definition) is 5. The second kappa shape index (κ2) is 12.7. The van der Waals surface area contributed by atoms with Crippen molar-refractivity contribution in [2.45, 2.75) is 6.54 Å². The SMILES string of the molecule is COc1cc(Cl)cc(C(=O)Nc2ccc(Cl)cn2)c1NC(=O)c1scc(CNC(=O)NCCO)c1Cl. The van der Waals surface area contributed by atoms with E-state index in [1.807, 2.05) is 0 Å². The van der Waals surface area contributed by atoms with Gasteiger partial charge < -0.3 is 31.1 Å². The van der Waals surface area contributed by atoms with Gasteiger partial charge >= 0.3 is 6.03 Å². The maximum atomic E-state index is 13.1. The number of nitrogens with one attached hydrogen (secondary N) is 4. The molecule has 0 aliphatic heterocycles. The Morgan fingerprint density at radius 2 is 1.83 bits per heavy atom. The first-order valence-corrected chi connectivity index (χ1v) is 12.2. The van der Waals surface area contributed by atoms with E-state index >= 15 is 0 Å². The van der Waals surface area contributed by atoms with Crippen molar-refractivity contribution in [1.29, 1.82) is 0 Å². The average Bonchev–Trinajstić information content (AvgIpc) is 3.23. The summed E-state index contributed by atoms with van der Waals surface area (Å²) in [5, 5.41) is 21.5. The molecule has 14 heteroatoms. The van der Waals surface area contributed by atoms with Crippen LogP contribution in [0.3, 0.4) is 0 Å². The second-order valence-electron chi connectivity index (χ2n) is 7.04. The lowest BCUT2D eigenvalue weighted by molar-refractivity contribution is 0.102. The number of hydrogen-bond acceptors (Lipinski definition) is 7. The van der Waals surface area contributed by atoms with Crippen molar-refractivity contribution in [3.8, 4) is 5.75 Å². The van der Waals surface area contributed by atoms with E-state index in [9.17, 15) is 14.4 Å². The number of anilines is 2. The standard InChI is InChI=1S/C22H20Cl3N5O5S/c1-35-15-7-13(24)6-14(20(32)29-16-3-2-12(23)9-27-16)18(15)30-21(33)19-17(25)11(10-36-19)8-28-22(34)26-4-5-31/h2-3,6-7,9-10,31H,4-5,8H2,1H3,(H,30,33)(H2,26,28,34)(H,27,29,32). The van der Waals surface area contributed by atoms with Crippen LogP contribution in [-0.2, 0) is 6.54 Å². The van der Waals surface area contributed by atoms with E-state index in [0.29, 0.717) is 10.6 Å². The molecule has 0 saturated carbocycles. The Bertz CT molecular complexity index is 1270. The lowest BCUT2D eigenvalue weighted by atomic mass is 10.1. The molecule has 10 nitrogen and oxygen atoms in total. The Labute approximate surface area is 224 Å². The summed E-state index contributed by atoms with van der Waals surface area (Å²) in [7, 11) is 1.37. The highest BCUT2D eigenvalue weighted by Gasteiger charge is 2.23. The number of urea groups is 1. The van der Waals surface area contributed by atoms with Gasteiger partial charge in [0.1, 0.15) is 16.4 Å². The van der Waals surface area contributed by atoms with Gasteiger partial charge in [0.2, 0.25) is 0 Å². The lowest BCUT2D eigenvalue weighted by Crippen LogP contribution is -2.36. The maximum Gasteiger partial charge on any atom is 0.315 e. The minimum Gasteiger partial charge on any atom is -0.494 e. The summed E-state index contributed by atoms with van der Waals surface area (Å²) in [4.78, 5) is 42.0. The molecule has 0 bridgehead atoms. The third-order valence-corrected chi connectivity index (χ3v) is 6.60. The minimum atomic E-state index is -0.600. The van der Waals surface area contributed by atoms with Gasteiger partial charge in [-0.15, -0.1) is 11.3 Å². The van der Waals surface area contributed by atoms with Crippen molar-refractivity contribution in [2.24, 2.45) is 0 Å². The molecule has 0 radical (unpaired) electrons. The zero-order valence-corrected chi connectivity index (χ0v) is 21.7. The molecule has 190 valence electrons. The molecule has 36 heavy (non-hydrogen) atoms. The molecule has 0 fully saturated rings.